The van der Waals surface area contributed by atoms with Gasteiger partial charge in [-0.05, 0) is 74.6 Å². The standard InChI is InChI=1S/C13H15N3O2.C11H11N3O2.C7H9IN2O2.C6H6N.CH4O2.3CH3.Li.2H2O.Sn/c1-4-18-13(17)10-8-16(3)15-12(10)11-7-5-6-9(2)14-11;1-7-4-3-5-9(12-7)10-8(11(15)16)6-14(2)13-10;1-3-12-7(11)5-4-10(2)9-6(5)8;1-6-4-2-3-5-7-6;2-1-3;;;;;;;/h5-8H,4H2,1-3H3;3-6H,1-2H3,(H,15,16);4H,3H2,1-2H3;2-4H,1H3;2-3H,1H2;3*1H3;;2*1H2;/q;;;;;;;;+1;;;/p-1. The van der Waals surface area contributed by atoms with Gasteiger partial charge in [-0.25, -0.2) is 14.4 Å². The molecule has 0 bridgehead atoms. The zero-order chi connectivity index (χ0) is 45.2. The average Bonchev–Trinajstić information content (AvgIpc) is 3.88. The molecule has 19 nitrogen and oxygen atoms in total. The van der Waals surface area contributed by atoms with Gasteiger partial charge < -0.3 is 35.7 Å². The maximum absolute atomic E-state index is 11.8. The number of aromatic carboxylic acids is 1. The zero-order valence-electron chi connectivity index (χ0n) is 37.8. The Morgan fingerprint density at radius 1 is 0.651 bits per heavy atom. The zero-order valence-corrected chi connectivity index (χ0v) is 42.8. The Kier molecular flexibility index (Phi) is 28.6. The quantitative estimate of drug-likeness (QED) is 0.0844. The van der Waals surface area contributed by atoms with Crippen LogP contribution >= 0.6 is 22.6 Å². The average molecular weight is 1090 g/mol. The summed E-state index contributed by atoms with van der Waals surface area (Å²) in [6.45, 7) is 9.35. The van der Waals surface area contributed by atoms with Gasteiger partial charge in [0.05, 0.1) is 24.6 Å². The first-order valence-electron chi connectivity index (χ1n) is 18.6. The fourth-order valence-electron chi connectivity index (χ4n) is 4.99. The summed E-state index contributed by atoms with van der Waals surface area (Å²) in [5.74, 6) is -1.68. The summed E-state index contributed by atoms with van der Waals surface area (Å²) < 4.78 is 16.5. The number of aryl methyl sites for hydroxylation is 6. The number of esters is 2. The van der Waals surface area contributed by atoms with Crippen molar-refractivity contribution >= 4 is 62.6 Å². The van der Waals surface area contributed by atoms with E-state index in [1.54, 1.807) is 62.8 Å². The van der Waals surface area contributed by atoms with Crippen LogP contribution in [0.1, 0.15) is 62.0 Å². The number of ether oxygens (including phenoxy) is 2. The van der Waals surface area contributed by atoms with Crippen molar-refractivity contribution in [3.8, 4) is 22.8 Å². The Labute approximate surface area is 397 Å². The normalized spacial score (nSPS) is 9.81. The summed E-state index contributed by atoms with van der Waals surface area (Å²) >= 11 is 0.137. The molecule has 6 N–H and O–H groups in total. The Morgan fingerprint density at radius 3 is 1.37 bits per heavy atom. The van der Waals surface area contributed by atoms with Crippen LogP contribution in [-0.4, -0.2) is 127 Å². The molecule has 0 aliphatic carbocycles. The molecule has 0 atom stereocenters. The van der Waals surface area contributed by atoms with E-state index in [1.807, 2.05) is 66.8 Å². The van der Waals surface area contributed by atoms with Gasteiger partial charge in [0.2, 0.25) is 0 Å². The maximum atomic E-state index is 11.8. The molecule has 0 spiro atoms. The van der Waals surface area contributed by atoms with Crippen molar-refractivity contribution in [2.75, 3.05) is 20.0 Å². The van der Waals surface area contributed by atoms with Gasteiger partial charge in [0.15, 0.2) is 0 Å². The van der Waals surface area contributed by atoms with Gasteiger partial charge in [0.1, 0.15) is 38.6 Å². The summed E-state index contributed by atoms with van der Waals surface area (Å²) in [6, 6.07) is 17.4. The number of carboxylic acid groups (broad SMARTS) is 1. The maximum Gasteiger partial charge on any atom is 1.00 e. The van der Waals surface area contributed by atoms with Crippen molar-refractivity contribution in [1.29, 1.82) is 0 Å². The minimum atomic E-state index is -1.87. The van der Waals surface area contributed by atoms with E-state index in [4.69, 9.17) is 24.8 Å². The van der Waals surface area contributed by atoms with E-state index in [-0.39, 0.29) is 47.3 Å². The van der Waals surface area contributed by atoms with Gasteiger partial charge in [0.25, 0.3) is 0 Å². The van der Waals surface area contributed by atoms with Crippen molar-refractivity contribution in [2.24, 2.45) is 21.1 Å². The molecule has 0 fully saturated rings. The number of halogens is 1. The SMILES string of the molecule is CCOC(=O)c1cn(C)nc1-c1cccc(C)n1.CCOC(=O)c1cn(C)nc1I.Cc1ccc[c]([Sn]([CH3])([CH3])[CH3])n1.Cc1cccc(-c2nn(C)cc2C(=O)O)n1.O.OCO.[Li+].[OH-]. The van der Waals surface area contributed by atoms with E-state index in [1.165, 1.54) is 14.6 Å². The van der Waals surface area contributed by atoms with Crippen LogP contribution in [0.15, 0.2) is 73.2 Å². The third-order valence-corrected chi connectivity index (χ3v) is 13.6. The predicted octanol–water partition coefficient (Wildman–Crippen LogP) is 1.52. The van der Waals surface area contributed by atoms with E-state index in [2.05, 4.69) is 70.2 Å². The molecule has 22 heteroatoms. The van der Waals surface area contributed by atoms with E-state index in [0.29, 0.717) is 50.8 Å². The number of aliphatic hydroxyl groups is 2. The molecule has 0 unspecified atom stereocenters. The van der Waals surface area contributed by atoms with Gasteiger partial charge in [-0.2, -0.15) is 15.3 Å². The molecule has 0 aliphatic heterocycles. The summed E-state index contributed by atoms with van der Waals surface area (Å²) in [7, 11) is 5.22. The summed E-state index contributed by atoms with van der Waals surface area (Å²) in [4.78, 5) is 54.4. The Balaban J connectivity index is 0. The molecule has 6 heterocycles. The largest absolute Gasteiger partial charge is 1.00 e. The van der Waals surface area contributed by atoms with Crippen LogP contribution in [0.4, 0.5) is 0 Å². The Hall–Kier alpha value is -4.54. The summed E-state index contributed by atoms with van der Waals surface area (Å²) in [5, 5.41) is 35.7. The molecule has 63 heavy (non-hydrogen) atoms. The van der Waals surface area contributed by atoms with Gasteiger partial charge in [0, 0.05) is 51.1 Å². The van der Waals surface area contributed by atoms with Gasteiger partial charge in [-0.1, -0.05) is 12.1 Å². The Bertz CT molecular complexity index is 2330. The number of hydrogen-bond donors (Lipinski definition) is 3. The number of hydrogen-bond acceptors (Lipinski definition) is 14. The molecule has 0 saturated carbocycles. The fraction of sp³-hybridized carbons (Fsp3) is 0.341. The first-order valence-corrected chi connectivity index (χ1v) is 29.7. The van der Waals surface area contributed by atoms with Crippen molar-refractivity contribution in [3.05, 3.63) is 111 Å². The van der Waals surface area contributed by atoms with Crippen molar-refractivity contribution in [2.45, 2.75) is 49.4 Å². The van der Waals surface area contributed by atoms with Crippen LogP contribution in [0.25, 0.3) is 22.8 Å². The molecule has 6 aromatic heterocycles. The molecule has 0 saturated heterocycles. The monoisotopic (exact) mass is 1090 g/mol. The van der Waals surface area contributed by atoms with Crippen LogP contribution in [-0.2, 0) is 30.6 Å². The molecular weight excluding hydrogens is 1030 g/mol. The number of pyridine rings is 3. The number of carbonyl (C=O) groups is 3. The molecule has 338 valence electrons. The molecule has 0 amide bonds. The molecule has 6 rings (SSSR count). The Morgan fingerprint density at radius 2 is 1.02 bits per heavy atom. The second-order valence-corrected chi connectivity index (χ2v) is 29.1. The number of aliphatic hydroxyl groups excluding tert-OH is 1. The predicted molar refractivity (Wildman–Crippen MR) is 244 cm³/mol. The molecular formula is C41H57ILiN9O10Sn. The van der Waals surface area contributed by atoms with Gasteiger partial charge in [-0.15, -0.1) is 0 Å². The minimum absolute atomic E-state index is 0. The van der Waals surface area contributed by atoms with E-state index in [0.717, 1.165) is 17.1 Å². The second-order valence-electron chi connectivity index (χ2n) is 13.8. The number of rotatable bonds is 8. The topological polar surface area (TPSA) is 284 Å². The summed E-state index contributed by atoms with van der Waals surface area (Å²) in [5.41, 5.74) is 6.22. The number of aromatic nitrogens is 9. The fourth-order valence-corrected chi connectivity index (χ4v) is 8.85. The van der Waals surface area contributed by atoms with Gasteiger partial charge in [-0.3, -0.25) is 24.0 Å². The van der Waals surface area contributed by atoms with Crippen LogP contribution in [0.5, 0.6) is 0 Å². The van der Waals surface area contributed by atoms with Crippen molar-refractivity contribution in [1.82, 2.24) is 44.3 Å². The minimum Gasteiger partial charge on any atom is -0.870 e. The van der Waals surface area contributed by atoms with E-state index < -0.39 is 31.1 Å². The number of carboxylic acids is 1. The molecule has 0 radical (unpaired) electrons. The molecule has 0 aromatic carbocycles. The first-order chi connectivity index (χ1) is 28.2. The van der Waals surface area contributed by atoms with Crippen molar-refractivity contribution in [3.63, 3.8) is 0 Å². The number of nitrogens with zero attached hydrogens (tertiary/aromatic N) is 9. The number of carbonyl (C=O) groups excluding carboxylic acids is 2. The third kappa shape index (κ3) is 20.2. The van der Waals surface area contributed by atoms with E-state index in [9.17, 15) is 14.4 Å². The van der Waals surface area contributed by atoms with Crippen molar-refractivity contribution < 1.29 is 69.0 Å². The van der Waals surface area contributed by atoms with Gasteiger partial charge >= 0.3 is 109 Å². The first kappa shape index (κ1) is 60.5. The second kappa shape index (κ2) is 29.8. The van der Waals surface area contributed by atoms with Crippen LogP contribution < -0.4 is 22.6 Å². The van der Waals surface area contributed by atoms with Crippen LogP contribution in [0.3, 0.4) is 0 Å². The molecule has 0 aliphatic rings. The smallest absolute Gasteiger partial charge is 0.870 e. The third-order valence-electron chi connectivity index (χ3n) is 7.58. The summed E-state index contributed by atoms with van der Waals surface area (Å²) in [6.07, 6.45) is 4.78. The molecule has 6 aromatic rings. The van der Waals surface area contributed by atoms with E-state index >= 15 is 0 Å². The van der Waals surface area contributed by atoms with Crippen LogP contribution in [0, 0.1) is 24.5 Å². The van der Waals surface area contributed by atoms with Crippen LogP contribution in [0.2, 0.25) is 14.8 Å².